The lowest BCUT2D eigenvalue weighted by Crippen LogP contribution is -2.69. The molecule has 0 aromatic carbocycles. The molecule has 1 aliphatic heterocycles. The van der Waals surface area contributed by atoms with E-state index in [9.17, 15) is 24.3 Å². The first-order valence-corrected chi connectivity index (χ1v) is 16.8. The number of hydrogen-bond donors (Lipinski definition) is 1. The molecule has 1 heterocycles. The number of rotatable bonds is 15. The Morgan fingerprint density at radius 3 is 2.15 bits per heavy atom. The van der Waals surface area contributed by atoms with E-state index in [1.165, 1.54) is 46.1 Å². The van der Waals surface area contributed by atoms with Crippen LogP contribution in [0.15, 0.2) is 36.0 Å². The minimum absolute atomic E-state index is 0.202. The molecule has 2 aliphatic carbocycles. The molecule has 1 saturated heterocycles. The summed E-state index contributed by atoms with van der Waals surface area (Å²) in [6, 6.07) is 0. The molecule has 46 heavy (non-hydrogen) atoms. The van der Waals surface area contributed by atoms with Crippen molar-refractivity contribution >= 4 is 23.9 Å². The van der Waals surface area contributed by atoms with Gasteiger partial charge in [0, 0.05) is 38.7 Å². The third-order valence-electron chi connectivity index (χ3n) is 10.2. The zero-order valence-corrected chi connectivity index (χ0v) is 28.7. The molecule has 2 fully saturated rings. The van der Waals surface area contributed by atoms with Crippen LogP contribution in [0.1, 0.15) is 113 Å². The fraction of sp³-hybridized carbons (Fsp3) is 0.722. The Hall–Kier alpha value is -2.98. The summed E-state index contributed by atoms with van der Waals surface area (Å²) in [4.78, 5) is 51.1. The molecule has 0 aromatic heterocycles. The Morgan fingerprint density at radius 1 is 0.957 bits per heavy atom. The number of allylic oxidation sites excluding steroid dienone is 3. The van der Waals surface area contributed by atoms with Gasteiger partial charge >= 0.3 is 23.9 Å². The number of unbranched alkanes of at least 4 members (excludes halogenated alkanes) is 6. The number of aliphatic hydroxyl groups excluding tert-OH is 1. The first-order chi connectivity index (χ1) is 21.7. The number of carbonyl (C=O) groups excluding carboxylic acids is 4. The van der Waals surface area contributed by atoms with Crippen LogP contribution in [0.4, 0.5) is 0 Å². The van der Waals surface area contributed by atoms with Crippen LogP contribution in [0.25, 0.3) is 0 Å². The lowest BCUT2D eigenvalue weighted by atomic mass is 9.44. The number of esters is 4. The maximum absolute atomic E-state index is 13.5. The molecule has 0 amide bonds. The van der Waals surface area contributed by atoms with E-state index in [1.54, 1.807) is 6.08 Å². The van der Waals surface area contributed by atoms with Gasteiger partial charge in [-0.15, -0.1) is 0 Å². The third-order valence-corrected chi connectivity index (χ3v) is 10.2. The molecule has 0 bridgehead atoms. The highest BCUT2D eigenvalue weighted by Gasteiger charge is 2.75. The van der Waals surface area contributed by atoms with Crippen molar-refractivity contribution in [3.8, 4) is 0 Å². The Labute approximate surface area is 273 Å². The average Bonchev–Trinajstić information content (AvgIpc) is 3.26. The van der Waals surface area contributed by atoms with E-state index >= 15 is 0 Å². The molecule has 3 aliphatic rings. The summed E-state index contributed by atoms with van der Waals surface area (Å²) >= 11 is 0. The predicted octanol–water partition coefficient (Wildman–Crippen LogP) is 6.25. The number of carbonyl (C=O) groups is 4. The zero-order chi connectivity index (χ0) is 34.2. The van der Waals surface area contributed by atoms with Crippen molar-refractivity contribution in [2.24, 2.45) is 22.7 Å². The summed E-state index contributed by atoms with van der Waals surface area (Å²) in [5.74, 6) is -3.29. The van der Waals surface area contributed by atoms with E-state index in [4.69, 9.17) is 23.7 Å². The monoisotopic (exact) mass is 646 g/mol. The molecule has 10 nitrogen and oxygen atoms in total. The molecular weight excluding hydrogens is 592 g/mol. The second kappa shape index (κ2) is 16.2. The highest BCUT2D eigenvalue weighted by molar-refractivity contribution is 5.70. The molecule has 0 aromatic rings. The smallest absolute Gasteiger partial charge is 0.306 e. The first kappa shape index (κ1) is 37.5. The zero-order valence-electron chi connectivity index (χ0n) is 28.7. The summed E-state index contributed by atoms with van der Waals surface area (Å²) in [6.07, 6.45) is 7.65. The van der Waals surface area contributed by atoms with E-state index in [0.717, 1.165) is 24.8 Å². The van der Waals surface area contributed by atoms with Crippen molar-refractivity contribution in [3.63, 3.8) is 0 Å². The van der Waals surface area contributed by atoms with Gasteiger partial charge in [-0.2, -0.15) is 0 Å². The van der Waals surface area contributed by atoms with E-state index in [0.29, 0.717) is 18.4 Å². The second-order valence-electron chi connectivity index (χ2n) is 13.4. The van der Waals surface area contributed by atoms with Crippen LogP contribution in [0.5, 0.6) is 0 Å². The Balaban J connectivity index is 2.15. The summed E-state index contributed by atoms with van der Waals surface area (Å²) < 4.78 is 29.9. The maximum atomic E-state index is 13.5. The van der Waals surface area contributed by atoms with Gasteiger partial charge < -0.3 is 24.1 Å². The highest BCUT2D eigenvalue weighted by Crippen LogP contribution is 2.68. The molecule has 1 spiro atoms. The van der Waals surface area contributed by atoms with Crippen LogP contribution in [-0.4, -0.2) is 59.9 Å². The van der Waals surface area contributed by atoms with Crippen LogP contribution in [0.3, 0.4) is 0 Å². The molecular formula is C36H54O10. The fourth-order valence-corrected chi connectivity index (χ4v) is 7.73. The molecule has 258 valence electrons. The molecule has 3 rings (SSSR count). The second-order valence-corrected chi connectivity index (χ2v) is 13.4. The van der Waals surface area contributed by atoms with Crippen molar-refractivity contribution in [2.75, 3.05) is 0 Å². The number of aliphatic hydroxyl groups is 1. The average molecular weight is 647 g/mol. The van der Waals surface area contributed by atoms with Gasteiger partial charge in [-0.3, -0.25) is 23.9 Å². The van der Waals surface area contributed by atoms with Gasteiger partial charge in [0.2, 0.25) is 12.6 Å². The summed E-state index contributed by atoms with van der Waals surface area (Å²) in [6.45, 7) is 15.7. The predicted molar refractivity (Wildman–Crippen MR) is 171 cm³/mol. The minimum atomic E-state index is -1.45. The van der Waals surface area contributed by atoms with Crippen molar-refractivity contribution < 1.29 is 48.0 Å². The van der Waals surface area contributed by atoms with Crippen LogP contribution in [0.2, 0.25) is 0 Å². The Kier molecular flexibility index (Phi) is 13.2. The van der Waals surface area contributed by atoms with Crippen LogP contribution < -0.4 is 0 Å². The van der Waals surface area contributed by atoms with Crippen molar-refractivity contribution in [1.82, 2.24) is 0 Å². The fourth-order valence-electron chi connectivity index (χ4n) is 7.73. The molecule has 9 atom stereocenters. The molecule has 1 saturated carbocycles. The van der Waals surface area contributed by atoms with Crippen molar-refractivity contribution in [3.05, 3.63) is 36.0 Å². The van der Waals surface area contributed by atoms with Gasteiger partial charge in [0.1, 0.15) is 11.5 Å². The standard InChI is InChI=1S/C36H54O10/c1-9-11-12-13-14-15-16-17-30(41)45-31-23(4)35(8,19-18-22(3)10-2)29-21-27(40)20-28-33(43-25(6)38)46-34(44-26(7)39)36(28,29)32(31)42-24(5)37/h10,18,20,23,27,29,31-34,40H,2,9,11-17,19,21H2,1,3-8H3/b22-18-/t23-,27+,29+,31-,32+,33+,34-,35-,36-/m1/s1. The van der Waals surface area contributed by atoms with Gasteiger partial charge in [0.05, 0.1) is 6.10 Å². The molecule has 1 N–H and O–H groups in total. The Morgan fingerprint density at radius 2 is 1.57 bits per heavy atom. The lowest BCUT2D eigenvalue weighted by Gasteiger charge is -2.62. The largest absolute Gasteiger partial charge is 0.458 e. The summed E-state index contributed by atoms with van der Waals surface area (Å²) in [5.41, 5.74) is -0.919. The lowest BCUT2D eigenvalue weighted by molar-refractivity contribution is -0.279. The summed E-state index contributed by atoms with van der Waals surface area (Å²) in [7, 11) is 0. The third kappa shape index (κ3) is 8.11. The number of hydrogen-bond acceptors (Lipinski definition) is 10. The first-order valence-electron chi connectivity index (χ1n) is 16.8. The quantitative estimate of drug-likeness (QED) is 0.0715. The van der Waals surface area contributed by atoms with Crippen LogP contribution in [0, 0.1) is 22.7 Å². The molecule has 0 radical (unpaired) electrons. The van der Waals surface area contributed by atoms with Gasteiger partial charge in [-0.05, 0) is 43.6 Å². The SMILES string of the molecule is C=C/C(C)=C\C[C@]1(C)[C@H](C)[C@@H](OC(=O)CCCCCCCCC)[C@H](OC(C)=O)[C@@]23C(=C[C@H](O)C[C@@H]12)[C@@H](OC(C)=O)O[C@H]3OC(C)=O. The van der Waals surface area contributed by atoms with Crippen molar-refractivity contribution in [1.29, 1.82) is 0 Å². The van der Waals surface area contributed by atoms with Crippen LogP contribution >= 0.6 is 0 Å². The van der Waals surface area contributed by atoms with E-state index in [2.05, 4.69) is 13.5 Å². The van der Waals surface area contributed by atoms with E-state index in [1.807, 2.05) is 26.8 Å². The molecule has 10 heteroatoms. The Bertz CT molecular complexity index is 1190. The van der Waals surface area contributed by atoms with Gasteiger partial charge in [-0.1, -0.05) is 83.6 Å². The normalized spacial score (nSPS) is 33.6. The van der Waals surface area contributed by atoms with E-state index < -0.39 is 77.4 Å². The topological polar surface area (TPSA) is 135 Å². The number of ether oxygens (including phenoxy) is 5. The van der Waals surface area contributed by atoms with Gasteiger partial charge in [0.25, 0.3) is 0 Å². The minimum Gasteiger partial charge on any atom is -0.458 e. The highest BCUT2D eigenvalue weighted by atomic mass is 16.8. The van der Waals surface area contributed by atoms with Crippen molar-refractivity contribution in [2.45, 2.75) is 144 Å². The van der Waals surface area contributed by atoms with Gasteiger partial charge in [-0.25, -0.2) is 0 Å². The molecule has 0 unspecified atom stereocenters. The van der Waals surface area contributed by atoms with E-state index in [-0.39, 0.29) is 12.8 Å². The van der Waals surface area contributed by atoms with Gasteiger partial charge in [0.15, 0.2) is 6.10 Å². The van der Waals surface area contributed by atoms with Crippen LogP contribution in [-0.2, 0) is 42.9 Å². The maximum Gasteiger partial charge on any atom is 0.306 e. The summed E-state index contributed by atoms with van der Waals surface area (Å²) in [5, 5.41) is 11.2.